The van der Waals surface area contributed by atoms with Gasteiger partial charge in [-0.1, -0.05) is 18.2 Å². The van der Waals surface area contributed by atoms with Gasteiger partial charge in [-0.3, -0.25) is 4.99 Å². The van der Waals surface area contributed by atoms with Crippen LogP contribution in [0.15, 0.2) is 58.5 Å². The van der Waals surface area contributed by atoms with Gasteiger partial charge in [0.25, 0.3) is 0 Å². The number of nitrogens with zero attached hydrogens (tertiary/aromatic N) is 4. The second-order valence-corrected chi connectivity index (χ2v) is 9.17. The summed E-state index contributed by atoms with van der Waals surface area (Å²) >= 11 is 0. The minimum atomic E-state index is -3.73. The van der Waals surface area contributed by atoms with Crippen LogP contribution in [0.4, 0.5) is 17.6 Å². The number of dihydropyridines is 1. The molecule has 4 aliphatic rings. The summed E-state index contributed by atoms with van der Waals surface area (Å²) in [6.45, 7) is 0. The molecule has 1 aromatic heterocycles. The van der Waals surface area contributed by atoms with Crippen molar-refractivity contribution in [3.8, 4) is 0 Å². The van der Waals surface area contributed by atoms with Crippen LogP contribution in [0.2, 0.25) is 0 Å². The third kappa shape index (κ3) is 3.23. The van der Waals surface area contributed by atoms with Gasteiger partial charge in [-0.25, -0.2) is 13.6 Å². The number of hydrogen-bond donors (Lipinski definition) is 3. The smallest absolute Gasteiger partial charge is 0.248 e. The van der Waals surface area contributed by atoms with E-state index in [4.69, 9.17) is 15.9 Å². The number of nitrogens with two attached hydrogens (primary N) is 2. The normalized spacial score (nSPS) is 27.6. The lowest BCUT2D eigenvalue weighted by Gasteiger charge is -2.43. The van der Waals surface area contributed by atoms with E-state index in [2.05, 4.69) is 33.6 Å². The van der Waals surface area contributed by atoms with E-state index in [0.717, 1.165) is 0 Å². The molecule has 29 heavy (non-hydrogen) atoms. The first-order chi connectivity index (χ1) is 13.9. The second kappa shape index (κ2) is 6.53. The molecular weight excluding hydrogens is 390 g/mol. The highest BCUT2D eigenvalue weighted by Gasteiger charge is 2.41. The molecule has 4 unspecified atom stereocenters. The Balaban J connectivity index is 1.38. The van der Waals surface area contributed by atoms with Crippen molar-refractivity contribution in [2.75, 3.05) is 11.1 Å². The van der Waals surface area contributed by atoms with Gasteiger partial charge in [-0.2, -0.15) is 9.67 Å². The van der Waals surface area contributed by atoms with Gasteiger partial charge in [-0.05, 0) is 55.0 Å². The van der Waals surface area contributed by atoms with Crippen molar-refractivity contribution in [2.45, 2.75) is 23.8 Å². The van der Waals surface area contributed by atoms with Gasteiger partial charge in [0.15, 0.2) is 5.84 Å². The Hall–Kier alpha value is -2.98. The standard InChI is InChI=1S/C19H21N7O2S/c20-18-24-19(22-13-5-7-14(8-6-13)29(21,27)28)25-26(18)16-10-9-15-11-1-3-12(4-2-11)17(15)23-16/h1,3,5-12,15,17H,2,4H2,(H2,21,27,28)(H3,20,22,24,25). The van der Waals surface area contributed by atoms with Gasteiger partial charge in [0.05, 0.1) is 10.9 Å². The molecule has 2 bridgehead atoms. The zero-order valence-electron chi connectivity index (χ0n) is 15.5. The Kier molecular flexibility index (Phi) is 4.07. The van der Waals surface area contributed by atoms with Crippen LogP contribution < -0.4 is 16.2 Å². The fourth-order valence-corrected chi connectivity index (χ4v) is 4.88. The maximum Gasteiger partial charge on any atom is 0.248 e. The molecule has 0 saturated heterocycles. The van der Waals surface area contributed by atoms with Gasteiger partial charge in [0.2, 0.25) is 21.9 Å². The Morgan fingerprint density at radius 1 is 1.07 bits per heavy atom. The summed E-state index contributed by atoms with van der Waals surface area (Å²) in [6.07, 6.45) is 11.2. The first-order valence-electron chi connectivity index (χ1n) is 9.45. The topological polar surface area (TPSA) is 141 Å². The molecule has 2 heterocycles. The average Bonchev–Trinajstić information content (AvgIpc) is 3.08. The van der Waals surface area contributed by atoms with Crippen LogP contribution in [0.1, 0.15) is 12.8 Å². The molecule has 2 aromatic rings. The molecule has 4 atom stereocenters. The molecule has 5 N–H and O–H groups in total. The van der Waals surface area contributed by atoms with E-state index in [1.54, 1.807) is 12.1 Å². The molecule has 1 aliphatic heterocycles. The Morgan fingerprint density at radius 3 is 2.48 bits per heavy atom. The highest BCUT2D eigenvalue weighted by Crippen LogP contribution is 2.44. The van der Waals surface area contributed by atoms with Gasteiger partial charge < -0.3 is 11.1 Å². The number of fused-ring (bicyclic) bond motifs is 1. The van der Waals surface area contributed by atoms with Gasteiger partial charge >= 0.3 is 0 Å². The molecule has 0 amide bonds. The molecule has 3 aliphatic carbocycles. The van der Waals surface area contributed by atoms with Crippen molar-refractivity contribution in [3.63, 3.8) is 0 Å². The lowest BCUT2D eigenvalue weighted by Crippen LogP contribution is -2.41. The number of primary sulfonamides is 1. The molecule has 150 valence electrons. The first-order valence-corrected chi connectivity index (χ1v) is 11.0. The maximum absolute atomic E-state index is 11.4. The largest absolute Gasteiger partial charge is 0.368 e. The van der Waals surface area contributed by atoms with Crippen molar-refractivity contribution in [2.24, 2.45) is 27.9 Å². The Labute approximate surface area is 168 Å². The van der Waals surface area contributed by atoms with E-state index < -0.39 is 10.0 Å². The quantitative estimate of drug-likeness (QED) is 0.656. The predicted molar refractivity (Wildman–Crippen MR) is 110 cm³/mol. The number of rotatable bonds is 3. The summed E-state index contributed by atoms with van der Waals surface area (Å²) in [5.74, 6) is 2.68. The van der Waals surface area contributed by atoms with E-state index >= 15 is 0 Å². The molecule has 0 radical (unpaired) electrons. The monoisotopic (exact) mass is 411 g/mol. The van der Waals surface area contributed by atoms with Gasteiger partial charge in [0.1, 0.15) is 0 Å². The van der Waals surface area contributed by atoms with Crippen molar-refractivity contribution in [1.82, 2.24) is 14.8 Å². The number of sulfonamides is 1. The fraction of sp³-hybridized carbons (Fsp3) is 0.316. The number of nitrogen functional groups attached to an aromatic ring is 1. The van der Waals surface area contributed by atoms with E-state index in [-0.39, 0.29) is 16.9 Å². The molecule has 1 saturated carbocycles. The highest BCUT2D eigenvalue weighted by atomic mass is 32.2. The van der Waals surface area contributed by atoms with E-state index in [0.29, 0.717) is 35.2 Å². The summed E-state index contributed by atoms with van der Waals surface area (Å²) in [7, 11) is -3.73. The summed E-state index contributed by atoms with van der Waals surface area (Å²) in [6, 6.07) is 6.23. The zero-order valence-corrected chi connectivity index (χ0v) is 16.3. The second-order valence-electron chi connectivity index (χ2n) is 7.60. The van der Waals surface area contributed by atoms with Crippen LogP contribution in [-0.2, 0) is 10.0 Å². The predicted octanol–water partition coefficient (Wildman–Crippen LogP) is 1.65. The summed E-state index contributed by atoms with van der Waals surface area (Å²) in [5.41, 5.74) is 6.69. The van der Waals surface area contributed by atoms with Crippen LogP contribution in [0, 0.1) is 17.8 Å². The SMILES string of the molecule is Nc1nc(Nc2ccc(S(N)(=O)=O)cc2)nn1C1=NC2C3C=CC(CC3)C2C=C1. The number of aromatic nitrogens is 3. The van der Waals surface area contributed by atoms with Gasteiger partial charge in [0, 0.05) is 11.6 Å². The molecular formula is C19H21N7O2S. The Morgan fingerprint density at radius 2 is 1.79 bits per heavy atom. The van der Waals surface area contributed by atoms with E-state index in [9.17, 15) is 8.42 Å². The van der Waals surface area contributed by atoms with Crippen LogP contribution in [-0.4, -0.2) is 35.1 Å². The molecule has 0 spiro atoms. The zero-order chi connectivity index (χ0) is 20.2. The third-order valence-electron chi connectivity index (χ3n) is 5.80. The minimum absolute atomic E-state index is 0.0353. The fourth-order valence-electron chi connectivity index (χ4n) is 4.37. The molecule has 1 aromatic carbocycles. The van der Waals surface area contributed by atoms with Gasteiger partial charge in [-0.15, -0.1) is 5.10 Å². The number of hydrogen-bond acceptors (Lipinski definition) is 7. The number of nitrogens with one attached hydrogen (secondary N) is 1. The van der Waals surface area contributed by atoms with Crippen molar-refractivity contribution < 1.29 is 8.42 Å². The third-order valence-corrected chi connectivity index (χ3v) is 6.73. The lowest BCUT2D eigenvalue weighted by atomic mass is 9.65. The van der Waals surface area contributed by atoms with Crippen molar-refractivity contribution in [1.29, 1.82) is 0 Å². The van der Waals surface area contributed by atoms with Crippen LogP contribution in [0.25, 0.3) is 0 Å². The van der Waals surface area contributed by atoms with Crippen molar-refractivity contribution >= 4 is 33.4 Å². The van der Waals surface area contributed by atoms with Crippen LogP contribution in [0.5, 0.6) is 0 Å². The number of aliphatic imine (C=N–C) groups is 1. The first kappa shape index (κ1) is 18.1. The lowest BCUT2D eigenvalue weighted by molar-refractivity contribution is 0.221. The Bertz CT molecular complexity index is 1150. The molecule has 9 nitrogen and oxygen atoms in total. The number of allylic oxidation sites excluding steroid dienone is 2. The van der Waals surface area contributed by atoms with Crippen molar-refractivity contribution in [3.05, 3.63) is 48.6 Å². The summed E-state index contributed by atoms with van der Waals surface area (Å²) in [5, 5.41) is 12.6. The number of benzene rings is 1. The molecule has 1 fully saturated rings. The maximum atomic E-state index is 11.4. The average molecular weight is 411 g/mol. The summed E-state index contributed by atoms with van der Waals surface area (Å²) in [4.78, 5) is 9.21. The van der Waals surface area contributed by atoms with Crippen LogP contribution in [0.3, 0.4) is 0 Å². The highest BCUT2D eigenvalue weighted by molar-refractivity contribution is 7.89. The molecule has 10 heteroatoms. The molecule has 6 rings (SSSR count). The summed E-state index contributed by atoms with van der Waals surface area (Å²) < 4.78 is 24.3. The minimum Gasteiger partial charge on any atom is -0.368 e. The van der Waals surface area contributed by atoms with E-state index in [1.165, 1.54) is 29.7 Å². The van der Waals surface area contributed by atoms with E-state index in [1.807, 2.05) is 6.08 Å². The van der Waals surface area contributed by atoms with Crippen LogP contribution >= 0.6 is 0 Å². The number of anilines is 3.